The lowest BCUT2D eigenvalue weighted by atomic mass is 10.1. The van der Waals surface area contributed by atoms with Gasteiger partial charge in [0.25, 0.3) is 0 Å². The molecule has 2 rings (SSSR count). The molecule has 0 aliphatic heterocycles. The Morgan fingerprint density at radius 1 is 1.20 bits per heavy atom. The summed E-state index contributed by atoms with van der Waals surface area (Å²) in [6.07, 6.45) is 3.23. The van der Waals surface area contributed by atoms with Gasteiger partial charge in [-0.1, -0.05) is 0 Å². The normalized spacial score (nSPS) is 10.3. The van der Waals surface area contributed by atoms with Gasteiger partial charge in [0, 0.05) is 23.6 Å². The number of pyridine rings is 1. The Bertz CT molecular complexity index is 485. The first-order valence-electron chi connectivity index (χ1n) is 4.33. The second-order valence-corrected chi connectivity index (χ2v) is 3.95. The number of halogens is 2. The van der Waals surface area contributed by atoms with E-state index in [9.17, 15) is 4.39 Å². The molecule has 0 aliphatic carbocycles. The van der Waals surface area contributed by atoms with Gasteiger partial charge in [0.1, 0.15) is 5.82 Å². The SMILES string of the molecule is Nc1cc(Br)c(F)c(-c2ccncc2)c1. The third-order valence-electron chi connectivity index (χ3n) is 2.04. The van der Waals surface area contributed by atoms with Crippen molar-refractivity contribution < 1.29 is 4.39 Å². The fourth-order valence-electron chi connectivity index (χ4n) is 1.35. The zero-order valence-corrected chi connectivity index (χ0v) is 9.33. The van der Waals surface area contributed by atoms with Crippen molar-refractivity contribution in [2.75, 3.05) is 5.73 Å². The molecular weight excluding hydrogens is 259 g/mol. The van der Waals surface area contributed by atoms with Crippen molar-refractivity contribution in [3.05, 3.63) is 46.9 Å². The standard InChI is InChI=1S/C11H8BrFN2/c12-10-6-8(14)5-9(11(10)13)7-1-3-15-4-2-7/h1-6H,14H2. The molecule has 0 unspecified atom stereocenters. The lowest BCUT2D eigenvalue weighted by molar-refractivity contribution is 0.625. The van der Waals surface area contributed by atoms with E-state index in [1.807, 2.05) is 0 Å². The smallest absolute Gasteiger partial charge is 0.145 e. The highest BCUT2D eigenvalue weighted by molar-refractivity contribution is 9.10. The van der Waals surface area contributed by atoms with Crippen molar-refractivity contribution in [3.63, 3.8) is 0 Å². The lowest BCUT2D eigenvalue weighted by Gasteiger charge is -2.06. The molecule has 0 atom stereocenters. The van der Waals surface area contributed by atoms with Crippen LogP contribution in [0.2, 0.25) is 0 Å². The van der Waals surface area contributed by atoms with Gasteiger partial charge in [-0.05, 0) is 45.8 Å². The number of nitrogen functional groups attached to an aromatic ring is 1. The highest BCUT2D eigenvalue weighted by atomic mass is 79.9. The van der Waals surface area contributed by atoms with Crippen molar-refractivity contribution >= 4 is 21.6 Å². The summed E-state index contributed by atoms with van der Waals surface area (Å²) >= 11 is 3.12. The summed E-state index contributed by atoms with van der Waals surface area (Å²) < 4.78 is 14.1. The highest BCUT2D eigenvalue weighted by Crippen LogP contribution is 2.30. The second kappa shape index (κ2) is 3.98. The van der Waals surface area contributed by atoms with Crippen LogP contribution < -0.4 is 5.73 Å². The van der Waals surface area contributed by atoms with E-state index in [1.54, 1.807) is 36.7 Å². The molecule has 0 amide bonds. The Balaban J connectivity index is 2.63. The molecule has 0 aliphatic rings. The van der Waals surface area contributed by atoms with Gasteiger partial charge in [0.05, 0.1) is 4.47 Å². The fraction of sp³-hybridized carbons (Fsp3) is 0. The van der Waals surface area contributed by atoms with E-state index in [1.165, 1.54) is 0 Å². The number of aromatic nitrogens is 1. The Kier molecular flexibility index (Phi) is 2.68. The number of rotatable bonds is 1. The predicted octanol–water partition coefficient (Wildman–Crippen LogP) is 3.23. The predicted molar refractivity (Wildman–Crippen MR) is 61.7 cm³/mol. The molecule has 15 heavy (non-hydrogen) atoms. The maximum atomic E-state index is 13.7. The van der Waals surface area contributed by atoms with Gasteiger partial charge < -0.3 is 5.73 Å². The largest absolute Gasteiger partial charge is 0.399 e. The fourth-order valence-corrected chi connectivity index (χ4v) is 1.83. The van der Waals surface area contributed by atoms with E-state index < -0.39 is 0 Å². The highest BCUT2D eigenvalue weighted by Gasteiger charge is 2.09. The average Bonchev–Trinajstić information content (AvgIpc) is 2.24. The van der Waals surface area contributed by atoms with E-state index >= 15 is 0 Å². The van der Waals surface area contributed by atoms with E-state index in [4.69, 9.17) is 5.73 Å². The van der Waals surface area contributed by atoms with Gasteiger partial charge in [-0.2, -0.15) is 0 Å². The van der Waals surface area contributed by atoms with Gasteiger partial charge in [-0.3, -0.25) is 4.98 Å². The van der Waals surface area contributed by atoms with Crippen LogP contribution in [0.3, 0.4) is 0 Å². The van der Waals surface area contributed by atoms with Crippen molar-refractivity contribution in [3.8, 4) is 11.1 Å². The first-order valence-corrected chi connectivity index (χ1v) is 5.12. The van der Waals surface area contributed by atoms with Crippen molar-refractivity contribution in [1.29, 1.82) is 0 Å². The zero-order valence-electron chi connectivity index (χ0n) is 7.74. The summed E-state index contributed by atoms with van der Waals surface area (Å²) in [6.45, 7) is 0. The molecule has 0 saturated heterocycles. The molecule has 1 heterocycles. The monoisotopic (exact) mass is 266 g/mol. The third kappa shape index (κ3) is 1.99. The molecule has 0 bridgehead atoms. The number of nitrogens with zero attached hydrogens (tertiary/aromatic N) is 1. The number of anilines is 1. The van der Waals surface area contributed by atoms with Gasteiger partial charge in [0.15, 0.2) is 0 Å². The van der Waals surface area contributed by atoms with E-state index in [0.29, 0.717) is 15.7 Å². The molecule has 2 N–H and O–H groups in total. The summed E-state index contributed by atoms with van der Waals surface area (Å²) in [5.74, 6) is -0.310. The van der Waals surface area contributed by atoms with E-state index in [0.717, 1.165) is 5.56 Å². The lowest BCUT2D eigenvalue weighted by Crippen LogP contribution is -1.91. The Hall–Kier alpha value is -1.42. The number of hydrogen-bond acceptors (Lipinski definition) is 2. The van der Waals surface area contributed by atoms with Crippen LogP contribution in [0.15, 0.2) is 41.1 Å². The minimum atomic E-state index is -0.310. The molecular formula is C11H8BrFN2. The summed E-state index contributed by atoms with van der Waals surface area (Å²) in [5, 5.41) is 0. The molecule has 2 aromatic rings. The molecule has 0 saturated carbocycles. The molecule has 76 valence electrons. The molecule has 1 aromatic carbocycles. The van der Waals surface area contributed by atoms with Crippen LogP contribution in [0.5, 0.6) is 0 Å². The average molecular weight is 267 g/mol. The first-order chi connectivity index (χ1) is 7.18. The summed E-state index contributed by atoms with van der Waals surface area (Å²) in [4.78, 5) is 3.88. The maximum absolute atomic E-state index is 13.7. The van der Waals surface area contributed by atoms with Crippen LogP contribution in [-0.4, -0.2) is 4.98 Å². The quantitative estimate of drug-likeness (QED) is 0.805. The van der Waals surface area contributed by atoms with Crippen molar-refractivity contribution in [2.24, 2.45) is 0 Å². The van der Waals surface area contributed by atoms with Gasteiger partial charge in [0.2, 0.25) is 0 Å². The zero-order chi connectivity index (χ0) is 10.8. The first kappa shape index (κ1) is 10.1. The van der Waals surface area contributed by atoms with Gasteiger partial charge in [-0.25, -0.2) is 4.39 Å². The Morgan fingerprint density at radius 2 is 1.87 bits per heavy atom. The third-order valence-corrected chi connectivity index (χ3v) is 2.62. The molecule has 0 radical (unpaired) electrons. The topological polar surface area (TPSA) is 38.9 Å². The molecule has 1 aromatic heterocycles. The number of nitrogens with two attached hydrogens (primary N) is 1. The molecule has 0 spiro atoms. The summed E-state index contributed by atoms with van der Waals surface area (Å²) in [5.41, 5.74) is 7.41. The van der Waals surface area contributed by atoms with E-state index in [-0.39, 0.29) is 5.82 Å². The number of benzene rings is 1. The van der Waals surface area contributed by atoms with E-state index in [2.05, 4.69) is 20.9 Å². The minimum Gasteiger partial charge on any atom is -0.399 e. The number of hydrogen-bond donors (Lipinski definition) is 1. The Morgan fingerprint density at radius 3 is 2.53 bits per heavy atom. The summed E-state index contributed by atoms with van der Waals surface area (Å²) in [6, 6.07) is 6.63. The molecule has 2 nitrogen and oxygen atoms in total. The van der Waals surface area contributed by atoms with Crippen molar-refractivity contribution in [1.82, 2.24) is 4.98 Å². The van der Waals surface area contributed by atoms with Gasteiger partial charge >= 0.3 is 0 Å². The Labute approximate surface area is 95.1 Å². The minimum absolute atomic E-state index is 0.310. The maximum Gasteiger partial charge on any atom is 0.145 e. The molecule has 0 fully saturated rings. The van der Waals surface area contributed by atoms with Crippen LogP contribution in [0.25, 0.3) is 11.1 Å². The van der Waals surface area contributed by atoms with Gasteiger partial charge in [-0.15, -0.1) is 0 Å². The second-order valence-electron chi connectivity index (χ2n) is 3.10. The summed E-state index contributed by atoms with van der Waals surface area (Å²) in [7, 11) is 0. The van der Waals surface area contributed by atoms with Crippen LogP contribution >= 0.6 is 15.9 Å². The van der Waals surface area contributed by atoms with Crippen molar-refractivity contribution in [2.45, 2.75) is 0 Å². The van der Waals surface area contributed by atoms with Crippen LogP contribution in [-0.2, 0) is 0 Å². The van der Waals surface area contributed by atoms with Crippen LogP contribution in [0, 0.1) is 5.82 Å². The van der Waals surface area contributed by atoms with Crippen LogP contribution in [0.4, 0.5) is 10.1 Å². The van der Waals surface area contributed by atoms with Crippen LogP contribution in [0.1, 0.15) is 0 Å². The molecule has 4 heteroatoms.